The van der Waals surface area contributed by atoms with Crippen molar-refractivity contribution >= 4 is 11.8 Å². The van der Waals surface area contributed by atoms with Gasteiger partial charge in [0.05, 0.1) is 6.54 Å². The maximum absolute atomic E-state index is 10.5. The fourth-order valence-electron chi connectivity index (χ4n) is 0.325. The van der Waals surface area contributed by atoms with Crippen LogP contribution in [0.4, 0.5) is 0 Å². The first-order chi connectivity index (χ1) is 4.72. The molecule has 4 heteroatoms. The minimum Gasteiger partial charge on any atom is -0.351 e. The lowest BCUT2D eigenvalue weighted by Gasteiger charge is -1.97. The SMILES string of the molecule is C#CCNC(=O)C(=O)NC. The van der Waals surface area contributed by atoms with Crippen molar-refractivity contribution in [3.8, 4) is 12.3 Å². The Morgan fingerprint density at radius 3 is 2.50 bits per heavy atom. The highest BCUT2D eigenvalue weighted by Crippen LogP contribution is 1.63. The number of nitrogens with one attached hydrogen (secondary N) is 2. The molecule has 0 rings (SSSR count). The van der Waals surface area contributed by atoms with Gasteiger partial charge in [0.2, 0.25) is 0 Å². The van der Waals surface area contributed by atoms with Gasteiger partial charge in [0.1, 0.15) is 0 Å². The van der Waals surface area contributed by atoms with E-state index in [1.807, 2.05) is 0 Å². The summed E-state index contributed by atoms with van der Waals surface area (Å²) in [6.07, 6.45) is 4.82. The molecule has 0 bridgehead atoms. The Hall–Kier alpha value is -1.50. The Labute approximate surface area is 59.0 Å². The first-order valence-electron chi connectivity index (χ1n) is 2.65. The molecule has 0 saturated heterocycles. The summed E-state index contributed by atoms with van der Waals surface area (Å²) in [6.45, 7) is 0.0756. The number of hydrogen-bond acceptors (Lipinski definition) is 2. The third-order valence-corrected chi connectivity index (χ3v) is 0.784. The van der Waals surface area contributed by atoms with Gasteiger partial charge in [-0.2, -0.15) is 0 Å². The molecule has 0 unspecified atom stereocenters. The monoisotopic (exact) mass is 140 g/mol. The second-order valence-corrected chi connectivity index (χ2v) is 1.47. The van der Waals surface area contributed by atoms with Crippen molar-refractivity contribution in [2.45, 2.75) is 0 Å². The molecule has 0 aliphatic rings. The highest BCUT2D eigenvalue weighted by Gasteiger charge is 2.07. The fraction of sp³-hybridized carbons (Fsp3) is 0.333. The summed E-state index contributed by atoms with van der Waals surface area (Å²) >= 11 is 0. The third kappa shape index (κ3) is 2.72. The van der Waals surface area contributed by atoms with Gasteiger partial charge in [0.25, 0.3) is 0 Å². The smallest absolute Gasteiger partial charge is 0.310 e. The predicted octanol–water partition coefficient (Wildman–Crippen LogP) is -1.52. The summed E-state index contributed by atoms with van der Waals surface area (Å²) in [7, 11) is 1.37. The van der Waals surface area contributed by atoms with Crippen LogP contribution >= 0.6 is 0 Å². The quantitative estimate of drug-likeness (QED) is 0.343. The van der Waals surface area contributed by atoms with Crippen molar-refractivity contribution in [2.75, 3.05) is 13.6 Å². The molecule has 2 amide bonds. The minimum absolute atomic E-state index is 0.0756. The van der Waals surface area contributed by atoms with Crippen molar-refractivity contribution in [1.29, 1.82) is 0 Å². The van der Waals surface area contributed by atoms with Gasteiger partial charge in [0.15, 0.2) is 0 Å². The van der Waals surface area contributed by atoms with Gasteiger partial charge in [-0.15, -0.1) is 6.42 Å². The summed E-state index contributed by atoms with van der Waals surface area (Å²) < 4.78 is 0. The molecule has 4 nitrogen and oxygen atoms in total. The number of likely N-dealkylation sites (N-methyl/N-ethyl adjacent to an activating group) is 1. The zero-order chi connectivity index (χ0) is 7.98. The molecule has 0 spiro atoms. The summed E-state index contributed by atoms with van der Waals surface area (Å²) in [5, 5.41) is 4.35. The van der Waals surface area contributed by atoms with Crippen LogP contribution in [0.15, 0.2) is 0 Å². The number of carbonyl (C=O) groups excluding carboxylic acids is 2. The highest BCUT2D eigenvalue weighted by atomic mass is 16.2. The number of hydrogen-bond donors (Lipinski definition) is 2. The van der Waals surface area contributed by atoms with E-state index in [9.17, 15) is 9.59 Å². The van der Waals surface area contributed by atoms with Gasteiger partial charge in [-0.3, -0.25) is 9.59 Å². The second-order valence-electron chi connectivity index (χ2n) is 1.47. The summed E-state index contributed by atoms with van der Waals surface area (Å²) in [6, 6.07) is 0. The summed E-state index contributed by atoms with van der Waals surface area (Å²) in [5.41, 5.74) is 0. The molecule has 0 aromatic carbocycles. The molecule has 54 valence electrons. The van der Waals surface area contributed by atoms with Gasteiger partial charge < -0.3 is 10.6 Å². The fourth-order valence-corrected chi connectivity index (χ4v) is 0.325. The van der Waals surface area contributed by atoms with Crippen LogP contribution in [0, 0.1) is 12.3 Å². The minimum atomic E-state index is -0.708. The zero-order valence-corrected chi connectivity index (χ0v) is 5.60. The van der Waals surface area contributed by atoms with Crippen molar-refractivity contribution in [1.82, 2.24) is 10.6 Å². The average molecular weight is 140 g/mol. The Kier molecular flexibility index (Phi) is 3.73. The molecule has 10 heavy (non-hydrogen) atoms. The standard InChI is InChI=1S/C6H8N2O2/c1-3-4-8-6(10)5(9)7-2/h1H,4H2,2H3,(H,7,9)(H,8,10). The molecular weight excluding hydrogens is 132 g/mol. The van der Waals surface area contributed by atoms with Crippen LogP contribution in [0.5, 0.6) is 0 Å². The van der Waals surface area contributed by atoms with Gasteiger partial charge in [-0.05, 0) is 0 Å². The Morgan fingerprint density at radius 1 is 1.50 bits per heavy atom. The van der Waals surface area contributed by atoms with E-state index < -0.39 is 11.8 Å². The molecule has 0 radical (unpaired) electrons. The van der Waals surface area contributed by atoms with Gasteiger partial charge >= 0.3 is 11.8 Å². The molecule has 0 heterocycles. The van der Waals surface area contributed by atoms with Crippen LogP contribution in [0.2, 0.25) is 0 Å². The maximum Gasteiger partial charge on any atom is 0.310 e. The molecule has 0 aliphatic carbocycles. The molecule has 0 saturated carbocycles. The van der Waals surface area contributed by atoms with Crippen molar-refractivity contribution in [2.24, 2.45) is 0 Å². The summed E-state index contributed by atoms with van der Waals surface area (Å²) in [5.74, 6) is 0.773. The van der Waals surface area contributed by atoms with Gasteiger partial charge in [-0.25, -0.2) is 0 Å². The van der Waals surface area contributed by atoms with Crippen LogP contribution in [0.25, 0.3) is 0 Å². The molecule has 0 aliphatic heterocycles. The molecule has 2 N–H and O–H groups in total. The highest BCUT2D eigenvalue weighted by molar-refractivity contribution is 6.35. The Morgan fingerprint density at radius 2 is 2.10 bits per heavy atom. The number of terminal acetylenes is 1. The lowest BCUT2D eigenvalue weighted by molar-refractivity contribution is -0.138. The molecular formula is C6H8N2O2. The largest absolute Gasteiger partial charge is 0.351 e. The van der Waals surface area contributed by atoms with Crippen LogP contribution < -0.4 is 10.6 Å². The topological polar surface area (TPSA) is 58.2 Å². The van der Waals surface area contributed by atoms with Gasteiger partial charge in [0, 0.05) is 7.05 Å². The molecule has 0 aromatic heterocycles. The number of amides is 2. The number of carbonyl (C=O) groups is 2. The van der Waals surface area contributed by atoms with Crippen molar-refractivity contribution in [3.63, 3.8) is 0 Å². The van der Waals surface area contributed by atoms with E-state index in [1.54, 1.807) is 0 Å². The molecule has 0 aromatic rings. The van der Waals surface area contributed by atoms with Crippen LogP contribution in [0.3, 0.4) is 0 Å². The van der Waals surface area contributed by atoms with E-state index in [1.165, 1.54) is 7.05 Å². The molecule has 0 atom stereocenters. The second kappa shape index (κ2) is 4.39. The van der Waals surface area contributed by atoms with Crippen molar-refractivity contribution < 1.29 is 9.59 Å². The number of rotatable bonds is 1. The first kappa shape index (κ1) is 8.50. The lowest BCUT2D eigenvalue weighted by atomic mass is 10.5. The first-order valence-corrected chi connectivity index (χ1v) is 2.65. The maximum atomic E-state index is 10.5. The average Bonchev–Trinajstić information content (AvgIpc) is 1.98. The van der Waals surface area contributed by atoms with Crippen LogP contribution in [-0.4, -0.2) is 25.4 Å². The Balaban J connectivity index is 3.65. The molecule has 0 fully saturated rings. The zero-order valence-electron chi connectivity index (χ0n) is 5.60. The lowest BCUT2D eigenvalue weighted by Crippen LogP contribution is -2.38. The van der Waals surface area contributed by atoms with Crippen LogP contribution in [-0.2, 0) is 9.59 Å². The van der Waals surface area contributed by atoms with Crippen molar-refractivity contribution in [3.05, 3.63) is 0 Å². The van der Waals surface area contributed by atoms with E-state index in [-0.39, 0.29) is 6.54 Å². The predicted molar refractivity (Wildman–Crippen MR) is 35.9 cm³/mol. The third-order valence-electron chi connectivity index (χ3n) is 0.784. The Bertz CT molecular complexity index is 181. The van der Waals surface area contributed by atoms with E-state index in [4.69, 9.17) is 6.42 Å². The van der Waals surface area contributed by atoms with E-state index >= 15 is 0 Å². The van der Waals surface area contributed by atoms with Gasteiger partial charge in [-0.1, -0.05) is 5.92 Å². The van der Waals surface area contributed by atoms with E-state index in [0.29, 0.717) is 0 Å². The summed E-state index contributed by atoms with van der Waals surface area (Å²) in [4.78, 5) is 20.9. The van der Waals surface area contributed by atoms with E-state index in [0.717, 1.165) is 0 Å². The van der Waals surface area contributed by atoms with E-state index in [2.05, 4.69) is 16.6 Å². The van der Waals surface area contributed by atoms with Crippen LogP contribution in [0.1, 0.15) is 0 Å². The normalized spacial score (nSPS) is 7.60.